The van der Waals surface area contributed by atoms with Crippen molar-refractivity contribution < 1.29 is 33.9 Å². The van der Waals surface area contributed by atoms with Gasteiger partial charge in [0.2, 0.25) is 11.8 Å². The van der Waals surface area contributed by atoms with Gasteiger partial charge in [0, 0.05) is 5.92 Å². The number of ether oxygens (including phenoxy) is 1. The average Bonchev–Trinajstić information content (AvgIpc) is 3.55. The summed E-state index contributed by atoms with van der Waals surface area (Å²) in [5, 5.41) is 29.0. The van der Waals surface area contributed by atoms with Crippen LogP contribution in [0.1, 0.15) is 50.2 Å². The van der Waals surface area contributed by atoms with Gasteiger partial charge in [-0.3, -0.25) is 14.5 Å². The van der Waals surface area contributed by atoms with E-state index < -0.39 is 30.5 Å². The first-order valence-corrected chi connectivity index (χ1v) is 15.2. The highest BCUT2D eigenvalue weighted by molar-refractivity contribution is 6.58. The van der Waals surface area contributed by atoms with Crippen molar-refractivity contribution in [2.75, 3.05) is 11.5 Å². The Labute approximate surface area is 256 Å². The fourth-order valence-electron chi connectivity index (χ4n) is 7.14. The molecule has 2 amide bonds. The minimum atomic E-state index is -1.71. The highest BCUT2D eigenvalue weighted by atomic mass is 19.1. The van der Waals surface area contributed by atoms with Crippen LogP contribution < -0.4 is 10.4 Å². The average molecular weight is 595 g/mol. The van der Waals surface area contributed by atoms with Crippen LogP contribution in [0.2, 0.25) is 0 Å². The second-order valence-corrected chi connectivity index (χ2v) is 11.8. The van der Waals surface area contributed by atoms with Crippen molar-refractivity contribution in [1.82, 2.24) is 0 Å². The minimum Gasteiger partial charge on any atom is -0.505 e. The number of amides is 2. The van der Waals surface area contributed by atoms with Crippen LogP contribution in [0, 0.1) is 23.6 Å². The van der Waals surface area contributed by atoms with Gasteiger partial charge in [0.25, 0.3) is 0 Å². The quantitative estimate of drug-likeness (QED) is 0.141. The van der Waals surface area contributed by atoms with E-state index in [0.717, 1.165) is 29.6 Å². The lowest BCUT2D eigenvalue weighted by Gasteiger charge is -2.32. The monoisotopic (exact) mass is 595 g/mol. The third kappa shape index (κ3) is 5.63. The van der Waals surface area contributed by atoms with Crippen LogP contribution >= 0.6 is 0 Å². The molecule has 3 aliphatic rings. The van der Waals surface area contributed by atoms with Crippen molar-refractivity contribution >= 4 is 41.7 Å². The van der Waals surface area contributed by atoms with Gasteiger partial charge in [-0.25, -0.2) is 4.39 Å². The molecular weight excluding hydrogens is 560 g/mol. The van der Waals surface area contributed by atoms with Crippen LogP contribution in [0.15, 0.2) is 83.9 Å². The molecule has 3 N–H and O–H groups in total. The molecule has 0 unspecified atom stereocenters. The number of hydrogen-bond donors (Lipinski definition) is 3. The van der Waals surface area contributed by atoms with Crippen LogP contribution in [-0.2, 0) is 14.3 Å². The maximum absolute atomic E-state index is 14.1. The fraction of sp³-hybridized carbons (Fsp3) is 0.314. The molecule has 3 aromatic rings. The molecule has 0 aromatic heterocycles. The van der Waals surface area contributed by atoms with Crippen LogP contribution in [0.5, 0.6) is 5.75 Å². The van der Waals surface area contributed by atoms with Crippen LogP contribution in [0.4, 0.5) is 10.1 Å². The van der Waals surface area contributed by atoms with E-state index in [4.69, 9.17) is 4.74 Å². The molecule has 0 spiro atoms. The number of nitrogens with zero attached hydrogens (tertiary/aromatic N) is 1. The summed E-state index contributed by atoms with van der Waals surface area (Å²) in [6.45, 7) is 2.45. The van der Waals surface area contributed by atoms with Gasteiger partial charge in [-0.05, 0) is 77.7 Å². The zero-order valence-electron chi connectivity index (χ0n) is 24.5. The van der Waals surface area contributed by atoms with Crippen LogP contribution in [0.25, 0.3) is 11.6 Å². The lowest BCUT2D eigenvalue weighted by atomic mass is 9.68. The molecule has 6 rings (SSSR count). The summed E-state index contributed by atoms with van der Waals surface area (Å²) in [4.78, 5) is 28.8. The minimum absolute atomic E-state index is 0.205. The van der Waals surface area contributed by atoms with Gasteiger partial charge in [-0.1, -0.05) is 73.5 Å². The molecule has 3 aromatic carbocycles. The van der Waals surface area contributed by atoms with Crippen molar-refractivity contribution in [2.45, 2.75) is 45.1 Å². The number of hydrogen-bond acceptors (Lipinski definition) is 6. The Morgan fingerprint density at radius 2 is 1.82 bits per heavy atom. The van der Waals surface area contributed by atoms with Gasteiger partial charge in [0.1, 0.15) is 0 Å². The van der Waals surface area contributed by atoms with Crippen molar-refractivity contribution in [2.24, 2.45) is 17.8 Å². The first-order valence-electron chi connectivity index (χ1n) is 15.2. The molecule has 2 aliphatic heterocycles. The Morgan fingerprint density at radius 1 is 1.02 bits per heavy atom. The summed E-state index contributed by atoms with van der Waals surface area (Å²) >= 11 is 0. The third-order valence-electron chi connectivity index (χ3n) is 9.12. The molecule has 2 fully saturated rings. The molecule has 226 valence electrons. The number of halogens is 1. The maximum Gasteiger partial charge on any atom is 0.488 e. The number of carbonyl (C=O) groups excluding carboxylic acids is 2. The molecule has 44 heavy (non-hydrogen) atoms. The summed E-state index contributed by atoms with van der Waals surface area (Å²) in [6, 6.07) is 20.5. The lowest BCUT2D eigenvalue weighted by Crippen LogP contribution is -2.35. The van der Waals surface area contributed by atoms with E-state index in [-0.39, 0.29) is 29.3 Å². The van der Waals surface area contributed by atoms with Crippen molar-refractivity contribution in [1.29, 1.82) is 0 Å². The second-order valence-electron chi connectivity index (χ2n) is 11.8. The summed E-state index contributed by atoms with van der Waals surface area (Å²) in [7, 11) is -1.71. The van der Waals surface area contributed by atoms with E-state index in [9.17, 15) is 29.1 Å². The fourth-order valence-corrected chi connectivity index (χ4v) is 7.14. The maximum atomic E-state index is 14.1. The number of allylic oxidation sites excluding steroid dienone is 2. The smallest absolute Gasteiger partial charge is 0.488 e. The molecule has 0 bridgehead atoms. The van der Waals surface area contributed by atoms with Crippen molar-refractivity contribution in [3.63, 3.8) is 0 Å². The van der Waals surface area contributed by atoms with E-state index in [1.54, 1.807) is 18.2 Å². The first kappa shape index (κ1) is 30.0. The van der Waals surface area contributed by atoms with E-state index in [2.05, 4.69) is 6.92 Å². The molecule has 4 atom stereocenters. The van der Waals surface area contributed by atoms with E-state index in [0.29, 0.717) is 37.1 Å². The van der Waals surface area contributed by atoms with Gasteiger partial charge in [0.05, 0.1) is 30.2 Å². The van der Waals surface area contributed by atoms with Crippen molar-refractivity contribution in [3.05, 3.63) is 101 Å². The van der Waals surface area contributed by atoms with Gasteiger partial charge in [0.15, 0.2) is 11.6 Å². The van der Waals surface area contributed by atoms with Gasteiger partial charge >= 0.3 is 7.12 Å². The number of anilines is 1. The van der Waals surface area contributed by atoms with Gasteiger partial charge in [-0.15, -0.1) is 0 Å². The standard InChI is InChI=1S/C35H35BFNO6/c1-2-7-24-18-27-33(35(41)38(34(27)40)26-11-6-10-25(19-26)36(42)43)28-20-44-31(32(24)28)15-13-23(22-8-4-3-5-9-22)16-21-12-14-30(39)29(37)17-21/h3-6,8-12,14,16-17,19,27-28,31,33,39,42-43H,2,7,13,15,18,20H2,1H3/b23-16-/t27-,28+,31-,33-/m1/s1. The zero-order valence-corrected chi connectivity index (χ0v) is 24.5. The number of imide groups is 1. The van der Waals surface area contributed by atoms with E-state index in [1.807, 2.05) is 36.4 Å². The molecule has 7 nitrogen and oxygen atoms in total. The third-order valence-corrected chi connectivity index (χ3v) is 9.12. The number of benzene rings is 3. The predicted molar refractivity (Wildman–Crippen MR) is 167 cm³/mol. The van der Waals surface area contributed by atoms with Gasteiger partial charge in [-0.2, -0.15) is 0 Å². The summed E-state index contributed by atoms with van der Waals surface area (Å²) in [5.74, 6) is -2.81. The topological polar surface area (TPSA) is 107 Å². The number of rotatable bonds is 9. The predicted octanol–water partition coefficient (Wildman–Crippen LogP) is 4.85. The molecule has 2 saturated heterocycles. The molecular formula is C35H35BFNO6. The molecule has 2 heterocycles. The van der Waals surface area contributed by atoms with Crippen LogP contribution in [-0.4, -0.2) is 46.8 Å². The zero-order chi connectivity index (χ0) is 31.0. The molecule has 0 radical (unpaired) electrons. The van der Waals surface area contributed by atoms with Gasteiger partial charge < -0.3 is 19.9 Å². The number of phenols is 1. The second kappa shape index (κ2) is 12.5. The molecule has 1 aliphatic carbocycles. The number of phenolic OH excluding ortho intramolecular Hbond substituents is 1. The van der Waals surface area contributed by atoms with E-state index >= 15 is 0 Å². The Hall–Kier alpha value is -4.05. The number of fused-ring (bicyclic) bond motifs is 3. The SMILES string of the molecule is CCCC1=C2[C@@H](CC/C(=C/c3ccc(O)c(F)c3)c3ccccc3)OC[C@@H]2[C@@H]2C(=O)N(c3cccc(B(O)O)c3)C(=O)[C@@H]2C1. The van der Waals surface area contributed by atoms with Crippen LogP contribution in [0.3, 0.4) is 0 Å². The molecule has 0 saturated carbocycles. The number of aromatic hydroxyl groups is 1. The highest BCUT2D eigenvalue weighted by Gasteiger charge is 2.57. The summed E-state index contributed by atoms with van der Waals surface area (Å²) in [6.07, 6.45) is 5.22. The first-order chi connectivity index (χ1) is 21.3. The highest BCUT2D eigenvalue weighted by Crippen LogP contribution is 2.51. The number of carbonyl (C=O) groups is 2. The Bertz CT molecular complexity index is 1640. The summed E-state index contributed by atoms with van der Waals surface area (Å²) < 4.78 is 20.5. The van der Waals surface area contributed by atoms with E-state index in [1.165, 1.54) is 34.7 Å². The Morgan fingerprint density at radius 3 is 2.55 bits per heavy atom. The normalized spacial score (nSPS) is 23.3. The Balaban J connectivity index is 1.28. The molecule has 9 heteroatoms. The summed E-state index contributed by atoms with van der Waals surface area (Å²) in [5.41, 5.74) is 5.53. The lowest BCUT2D eigenvalue weighted by molar-refractivity contribution is -0.122. The van der Waals surface area contributed by atoms with Crippen molar-refractivity contribution in [3.8, 4) is 5.75 Å². The Kier molecular flexibility index (Phi) is 8.54. The largest absolute Gasteiger partial charge is 0.505 e.